The van der Waals surface area contributed by atoms with Crippen molar-refractivity contribution in [3.63, 3.8) is 0 Å². The Morgan fingerprint density at radius 3 is 2.10 bits per heavy atom. The molecule has 0 spiro atoms. The number of halogens is 3. The summed E-state index contributed by atoms with van der Waals surface area (Å²) in [5.74, 6) is -0.939. The average Bonchev–Trinajstić information content (AvgIpc) is 2.95. The highest BCUT2D eigenvalue weighted by Crippen LogP contribution is 2.32. The average molecular weight is 639 g/mol. The SMILES string of the molecule is CCCCNC(=O)C(CC)N(Cc1c(Cl)cccc1Cl)C(=O)CN(c1cccc(Cl)c1C)S(=O)(=O)c1ccccc1. The van der Waals surface area contributed by atoms with Crippen LogP contribution in [0.1, 0.15) is 44.2 Å². The summed E-state index contributed by atoms with van der Waals surface area (Å²) >= 11 is 19.3. The summed E-state index contributed by atoms with van der Waals surface area (Å²) in [5, 5.41) is 3.91. The summed E-state index contributed by atoms with van der Waals surface area (Å²) in [5.41, 5.74) is 1.21. The van der Waals surface area contributed by atoms with Crippen LogP contribution in [0.4, 0.5) is 5.69 Å². The van der Waals surface area contributed by atoms with Gasteiger partial charge in [0.1, 0.15) is 12.6 Å². The van der Waals surface area contributed by atoms with Crippen LogP contribution >= 0.6 is 34.8 Å². The molecule has 0 fully saturated rings. The van der Waals surface area contributed by atoms with E-state index in [1.807, 2.05) is 6.92 Å². The van der Waals surface area contributed by atoms with Crippen LogP contribution in [-0.2, 0) is 26.2 Å². The van der Waals surface area contributed by atoms with Gasteiger partial charge in [0.15, 0.2) is 0 Å². The van der Waals surface area contributed by atoms with Crippen LogP contribution in [0.2, 0.25) is 15.1 Å². The topological polar surface area (TPSA) is 86.8 Å². The Balaban J connectivity index is 2.11. The highest BCUT2D eigenvalue weighted by molar-refractivity contribution is 7.92. The van der Waals surface area contributed by atoms with Gasteiger partial charge >= 0.3 is 0 Å². The van der Waals surface area contributed by atoms with Crippen molar-refractivity contribution >= 4 is 62.3 Å². The molecule has 0 saturated heterocycles. The summed E-state index contributed by atoms with van der Waals surface area (Å²) in [7, 11) is -4.21. The normalized spacial score (nSPS) is 12.0. The summed E-state index contributed by atoms with van der Waals surface area (Å²) in [6.07, 6.45) is 1.96. The maximum atomic E-state index is 14.2. The van der Waals surface area contributed by atoms with Crippen molar-refractivity contribution in [2.75, 3.05) is 17.4 Å². The molecule has 0 bridgehead atoms. The van der Waals surface area contributed by atoms with Gasteiger partial charge in [0.2, 0.25) is 11.8 Å². The first-order valence-electron chi connectivity index (χ1n) is 13.4. The highest BCUT2D eigenvalue weighted by Gasteiger charge is 2.34. The second-order valence-corrected chi connectivity index (χ2v) is 12.6. The Morgan fingerprint density at radius 1 is 0.878 bits per heavy atom. The van der Waals surface area contributed by atoms with E-state index in [2.05, 4.69) is 5.32 Å². The fraction of sp³-hybridized carbons (Fsp3) is 0.333. The van der Waals surface area contributed by atoms with Crippen LogP contribution in [0.3, 0.4) is 0 Å². The highest BCUT2D eigenvalue weighted by atomic mass is 35.5. The number of rotatable bonds is 13. The monoisotopic (exact) mass is 637 g/mol. The summed E-state index contributed by atoms with van der Waals surface area (Å²) in [6, 6.07) is 16.8. The number of hydrogen-bond donors (Lipinski definition) is 1. The lowest BCUT2D eigenvalue weighted by Gasteiger charge is -2.34. The van der Waals surface area contributed by atoms with E-state index in [4.69, 9.17) is 34.8 Å². The minimum Gasteiger partial charge on any atom is -0.354 e. The smallest absolute Gasteiger partial charge is 0.264 e. The fourth-order valence-electron chi connectivity index (χ4n) is 4.38. The molecule has 0 aliphatic heterocycles. The number of benzene rings is 3. The first-order valence-corrected chi connectivity index (χ1v) is 15.9. The third kappa shape index (κ3) is 7.95. The molecule has 3 aromatic rings. The molecule has 0 aromatic heterocycles. The molecule has 11 heteroatoms. The molecule has 0 heterocycles. The van der Waals surface area contributed by atoms with Gasteiger partial charge in [-0.15, -0.1) is 0 Å². The number of anilines is 1. The molecule has 41 heavy (non-hydrogen) atoms. The number of carbonyl (C=O) groups excluding carboxylic acids is 2. The van der Waals surface area contributed by atoms with Gasteiger partial charge in [-0.05, 0) is 61.7 Å². The van der Waals surface area contributed by atoms with E-state index in [1.54, 1.807) is 68.4 Å². The Hall–Kier alpha value is -2.78. The Bertz CT molecular complexity index is 1450. The number of amides is 2. The van der Waals surface area contributed by atoms with Crippen molar-refractivity contribution in [2.24, 2.45) is 0 Å². The molecular formula is C30H34Cl3N3O4S. The lowest BCUT2D eigenvalue weighted by Crippen LogP contribution is -2.52. The number of nitrogens with zero attached hydrogens (tertiary/aromatic N) is 2. The molecule has 1 atom stereocenters. The van der Waals surface area contributed by atoms with Crippen LogP contribution in [-0.4, -0.2) is 44.3 Å². The van der Waals surface area contributed by atoms with E-state index in [0.29, 0.717) is 32.7 Å². The Kier molecular flexibility index (Phi) is 11.9. The molecule has 0 saturated carbocycles. The zero-order valence-electron chi connectivity index (χ0n) is 23.2. The van der Waals surface area contributed by atoms with E-state index in [0.717, 1.165) is 17.1 Å². The molecule has 2 amide bonds. The fourth-order valence-corrected chi connectivity index (χ4v) is 6.56. The van der Waals surface area contributed by atoms with Gasteiger partial charge in [0, 0.05) is 33.7 Å². The molecule has 1 N–H and O–H groups in total. The molecule has 0 radical (unpaired) electrons. The van der Waals surface area contributed by atoms with Gasteiger partial charge in [-0.25, -0.2) is 8.42 Å². The summed E-state index contributed by atoms with van der Waals surface area (Å²) < 4.78 is 29.0. The maximum Gasteiger partial charge on any atom is 0.264 e. The molecule has 0 aliphatic rings. The standard InChI is InChI=1S/C30H34Cl3N3O4S/c1-4-6-18-34-30(38)27(5-2)35(19-23-25(32)15-10-16-26(23)33)29(37)20-36(28-17-11-14-24(31)21(28)3)41(39,40)22-12-8-7-9-13-22/h7-17,27H,4-6,18-20H2,1-3H3,(H,34,38). The number of nitrogens with one attached hydrogen (secondary N) is 1. The van der Waals surface area contributed by atoms with Gasteiger partial charge in [-0.1, -0.05) is 85.4 Å². The van der Waals surface area contributed by atoms with Crippen LogP contribution in [0.15, 0.2) is 71.6 Å². The predicted molar refractivity (Wildman–Crippen MR) is 166 cm³/mol. The minimum absolute atomic E-state index is 0.0113. The summed E-state index contributed by atoms with van der Waals surface area (Å²) in [4.78, 5) is 28.9. The number of sulfonamides is 1. The Morgan fingerprint density at radius 2 is 1.49 bits per heavy atom. The number of hydrogen-bond acceptors (Lipinski definition) is 4. The lowest BCUT2D eigenvalue weighted by atomic mass is 10.1. The van der Waals surface area contributed by atoms with E-state index in [1.165, 1.54) is 17.0 Å². The second-order valence-electron chi connectivity index (χ2n) is 9.50. The van der Waals surface area contributed by atoms with Gasteiger partial charge < -0.3 is 10.2 Å². The van der Waals surface area contributed by atoms with Crippen LogP contribution in [0.25, 0.3) is 0 Å². The zero-order chi connectivity index (χ0) is 30.2. The Labute approximate surface area is 257 Å². The van der Waals surface area contributed by atoms with E-state index in [9.17, 15) is 18.0 Å². The van der Waals surface area contributed by atoms with Gasteiger partial charge in [-0.2, -0.15) is 0 Å². The lowest BCUT2D eigenvalue weighted by molar-refractivity contribution is -0.140. The second kappa shape index (κ2) is 14.9. The van der Waals surface area contributed by atoms with E-state index < -0.39 is 28.5 Å². The van der Waals surface area contributed by atoms with Gasteiger partial charge in [-0.3, -0.25) is 13.9 Å². The van der Waals surface area contributed by atoms with Crippen molar-refractivity contribution in [2.45, 2.75) is 57.5 Å². The summed E-state index contributed by atoms with van der Waals surface area (Å²) in [6.45, 7) is 5.27. The molecule has 3 aromatic carbocycles. The van der Waals surface area contributed by atoms with Crippen molar-refractivity contribution in [3.05, 3.63) is 92.9 Å². The molecule has 7 nitrogen and oxygen atoms in total. The van der Waals surface area contributed by atoms with Crippen molar-refractivity contribution in [3.8, 4) is 0 Å². The van der Waals surface area contributed by atoms with Crippen molar-refractivity contribution in [1.82, 2.24) is 10.2 Å². The van der Waals surface area contributed by atoms with Crippen LogP contribution in [0, 0.1) is 6.92 Å². The minimum atomic E-state index is -4.21. The zero-order valence-corrected chi connectivity index (χ0v) is 26.3. The number of carbonyl (C=O) groups is 2. The number of unbranched alkanes of at least 4 members (excludes halogenated alkanes) is 1. The predicted octanol–water partition coefficient (Wildman–Crippen LogP) is 6.87. The first-order chi connectivity index (χ1) is 19.5. The largest absolute Gasteiger partial charge is 0.354 e. The molecule has 3 rings (SSSR count). The quantitative estimate of drug-likeness (QED) is 0.207. The third-order valence-electron chi connectivity index (χ3n) is 6.72. The van der Waals surface area contributed by atoms with Gasteiger partial charge in [0.25, 0.3) is 10.0 Å². The molecule has 220 valence electrons. The van der Waals surface area contributed by atoms with Crippen molar-refractivity contribution in [1.29, 1.82) is 0 Å². The molecule has 0 aliphatic carbocycles. The third-order valence-corrected chi connectivity index (χ3v) is 9.62. The first kappa shape index (κ1) is 32.7. The maximum absolute atomic E-state index is 14.2. The van der Waals surface area contributed by atoms with E-state index >= 15 is 0 Å². The van der Waals surface area contributed by atoms with Crippen LogP contribution < -0.4 is 9.62 Å². The van der Waals surface area contributed by atoms with Crippen LogP contribution in [0.5, 0.6) is 0 Å². The van der Waals surface area contributed by atoms with E-state index in [-0.39, 0.29) is 29.5 Å². The molecule has 1 unspecified atom stereocenters. The molecular weight excluding hydrogens is 605 g/mol. The van der Waals surface area contributed by atoms with Crippen molar-refractivity contribution < 1.29 is 18.0 Å². The van der Waals surface area contributed by atoms with Gasteiger partial charge in [0.05, 0.1) is 10.6 Å².